The number of aromatic nitrogens is 8. The molecule has 0 aliphatic heterocycles. The summed E-state index contributed by atoms with van der Waals surface area (Å²) in [5, 5.41) is 36.8. The van der Waals surface area contributed by atoms with Crippen molar-refractivity contribution in [1.29, 1.82) is 0 Å². The van der Waals surface area contributed by atoms with Gasteiger partial charge in [-0.15, -0.1) is 0 Å². The van der Waals surface area contributed by atoms with Crippen LogP contribution in [0.15, 0.2) is 71.2 Å². The molecular weight excluding hydrogens is 689 g/mol. The molecule has 0 aliphatic rings. The summed E-state index contributed by atoms with van der Waals surface area (Å²) in [4.78, 5) is 38.0. The maximum absolute atomic E-state index is 11.9. The third-order valence-corrected chi connectivity index (χ3v) is 8.65. The van der Waals surface area contributed by atoms with Gasteiger partial charge in [0.25, 0.3) is 16.5 Å². The minimum absolute atomic E-state index is 0.0266. The number of sulfone groups is 1. The molecule has 20 heteroatoms. The van der Waals surface area contributed by atoms with Crippen LogP contribution >= 0.6 is 11.8 Å². The zero-order valence-electron chi connectivity index (χ0n) is 27.3. The summed E-state index contributed by atoms with van der Waals surface area (Å²) in [6.07, 6.45) is 7.80. The van der Waals surface area contributed by atoms with Crippen molar-refractivity contribution >= 4 is 56.2 Å². The number of nitro benzene ring substituents is 2. The van der Waals surface area contributed by atoms with Gasteiger partial charge in [0, 0.05) is 54.7 Å². The number of benzene rings is 2. The molecule has 0 atom stereocenters. The molecule has 2 N–H and O–H groups in total. The molecule has 4 heterocycles. The SMILES string of the molecule is CCc1cnn2c(NCc3cccc([N+](=O)[O-])c3)nc(S(C)(=O)=O)nc12.CCc1cnn2c(NCc3cccc([N+](=O)[O-])c3)nc(SC)nc12. The monoisotopic (exact) mass is 720 g/mol. The molecule has 0 fully saturated rings. The predicted molar refractivity (Wildman–Crippen MR) is 186 cm³/mol. The third-order valence-electron chi connectivity index (χ3n) is 7.26. The molecule has 260 valence electrons. The van der Waals surface area contributed by atoms with Gasteiger partial charge in [0.05, 0.1) is 22.2 Å². The Kier molecular flexibility index (Phi) is 10.8. The van der Waals surface area contributed by atoms with Crippen LogP contribution in [0.3, 0.4) is 0 Å². The van der Waals surface area contributed by atoms with E-state index in [2.05, 4.69) is 40.8 Å². The maximum atomic E-state index is 11.9. The fraction of sp³-hybridized carbons (Fsp3) is 0.267. The molecule has 0 unspecified atom stereocenters. The van der Waals surface area contributed by atoms with Crippen molar-refractivity contribution in [2.45, 2.75) is 50.1 Å². The summed E-state index contributed by atoms with van der Waals surface area (Å²) < 4.78 is 26.9. The van der Waals surface area contributed by atoms with Crippen LogP contribution in [0.2, 0.25) is 0 Å². The lowest BCUT2D eigenvalue weighted by Crippen LogP contribution is -2.13. The zero-order valence-corrected chi connectivity index (χ0v) is 29.0. The van der Waals surface area contributed by atoms with Gasteiger partial charge >= 0.3 is 0 Å². The van der Waals surface area contributed by atoms with Crippen LogP contribution in [-0.4, -0.2) is 69.9 Å². The van der Waals surface area contributed by atoms with E-state index in [1.807, 2.05) is 26.2 Å². The molecule has 6 rings (SSSR count). The van der Waals surface area contributed by atoms with Gasteiger partial charge in [-0.1, -0.05) is 49.9 Å². The van der Waals surface area contributed by atoms with Crippen LogP contribution in [0.1, 0.15) is 36.1 Å². The first-order chi connectivity index (χ1) is 23.9. The Morgan fingerprint density at radius 2 is 1.24 bits per heavy atom. The molecule has 0 spiro atoms. The predicted octanol–water partition coefficient (Wildman–Crippen LogP) is 4.54. The van der Waals surface area contributed by atoms with E-state index in [1.54, 1.807) is 41.2 Å². The fourth-order valence-electron chi connectivity index (χ4n) is 4.71. The molecule has 0 amide bonds. The van der Waals surface area contributed by atoms with Gasteiger partial charge in [0.2, 0.25) is 21.7 Å². The molecule has 50 heavy (non-hydrogen) atoms. The standard InChI is InChI=1S/C15H16N6O4S.C15H16N6O2S/c1-3-11-9-17-20-13(11)18-15(26(2,24)25)19-14(20)16-8-10-5-4-6-12(7-10)21(22)23;1-3-11-9-17-20-13(11)18-15(24-2)19-14(20)16-8-10-5-4-6-12(7-10)21(22)23/h4-7,9H,3,8H2,1-2H3,(H,16,18,19);4-7,9H,3,8H2,1-2H3,(H,16,18,19). The van der Waals surface area contributed by atoms with E-state index in [1.165, 1.54) is 34.5 Å². The van der Waals surface area contributed by atoms with E-state index >= 15 is 0 Å². The van der Waals surface area contributed by atoms with Crippen LogP contribution in [0, 0.1) is 20.2 Å². The second kappa shape index (κ2) is 15.2. The third kappa shape index (κ3) is 8.09. The zero-order chi connectivity index (χ0) is 36.0. The Bertz CT molecular complexity index is 2310. The first-order valence-electron chi connectivity index (χ1n) is 15.1. The van der Waals surface area contributed by atoms with E-state index in [0.29, 0.717) is 35.3 Å². The number of fused-ring (bicyclic) bond motifs is 2. The number of thioether (sulfide) groups is 1. The van der Waals surface area contributed by atoms with Crippen LogP contribution in [0.25, 0.3) is 11.3 Å². The maximum Gasteiger partial charge on any atom is 0.269 e. The molecule has 0 aliphatic carbocycles. The van der Waals surface area contributed by atoms with E-state index in [0.717, 1.165) is 35.0 Å². The molecule has 18 nitrogen and oxygen atoms in total. The van der Waals surface area contributed by atoms with Gasteiger partial charge in [-0.25, -0.2) is 13.4 Å². The highest BCUT2D eigenvalue weighted by molar-refractivity contribution is 7.98. The lowest BCUT2D eigenvalue weighted by Gasteiger charge is -2.09. The Labute approximate surface area is 289 Å². The molecule has 0 radical (unpaired) electrons. The largest absolute Gasteiger partial charge is 0.350 e. The number of aryl methyl sites for hydroxylation is 2. The number of nitrogens with one attached hydrogen (secondary N) is 2. The van der Waals surface area contributed by atoms with E-state index in [9.17, 15) is 28.6 Å². The molecule has 6 aromatic rings. The van der Waals surface area contributed by atoms with Gasteiger partial charge in [-0.3, -0.25) is 20.2 Å². The number of non-ortho nitro benzene ring substituents is 2. The molecule has 2 aromatic carbocycles. The summed E-state index contributed by atoms with van der Waals surface area (Å²) >= 11 is 1.46. The van der Waals surface area contributed by atoms with Gasteiger partial charge in [0.1, 0.15) is 0 Å². The molecule has 4 aromatic heterocycles. The van der Waals surface area contributed by atoms with Crippen LogP contribution < -0.4 is 10.6 Å². The normalized spacial score (nSPS) is 11.3. The van der Waals surface area contributed by atoms with Crippen molar-refractivity contribution in [3.05, 3.63) is 103 Å². The summed E-state index contributed by atoms with van der Waals surface area (Å²) in [7, 11) is -3.61. The van der Waals surface area contributed by atoms with Crippen LogP contribution in [0.5, 0.6) is 0 Å². The topological polar surface area (TPSA) is 231 Å². The van der Waals surface area contributed by atoms with Crippen molar-refractivity contribution in [2.75, 3.05) is 23.1 Å². The Morgan fingerprint density at radius 3 is 1.68 bits per heavy atom. The van der Waals surface area contributed by atoms with Crippen molar-refractivity contribution in [2.24, 2.45) is 0 Å². The minimum Gasteiger partial charge on any atom is -0.350 e. The first kappa shape index (κ1) is 35.5. The van der Waals surface area contributed by atoms with Crippen molar-refractivity contribution in [3.63, 3.8) is 0 Å². The van der Waals surface area contributed by atoms with Gasteiger partial charge in [-0.2, -0.15) is 34.2 Å². The van der Waals surface area contributed by atoms with Crippen LogP contribution in [0.4, 0.5) is 23.3 Å². The average Bonchev–Trinajstić information content (AvgIpc) is 3.73. The Hall–Kier alpha value is -5.76. The van der Waals surface area contributed by atoms with E-state index in [4.69, 9.17) is 0 Å². The van der Waals surface area contributed by atoms with Crippen LogP contribution in [-0.2, 0) is 35.8 Å². The summed E-state index contributed by atoms with van der Waals surface area (Å²) in [6, 6.07) is 12.6. The summed E-state index contributed by atoms with van der Waals surface area (Å²) in [5.74, 6) is 0.761. The molecule has 0 bridgehead atoms. The number of hydrogen-bond donors (Lipinski definition) is 2. The minimum atomic E-state index is -3.61. The second-order valence-electron chi connectivity index (χ2n) is 10.7. The Balaban J connectivity index is 0.000000195. The van der Waals surface area contributed by atoms with Gasteiger partial charge in [-0.05, 0) is 30.2 Å². The van der Waals surface area contributed by atoms with Crippen molar-refractivity contribution in [3.8, 4) is 0 Å². The average molecular weight is 721 g/mol. The molecular formula is C30H32N12O6S2. The highest BCUT2D eigenvalue weighted by Gasteiger charge is 2.19. The lowest BCUT2D eigenvalue weighted by atomic mass is 10.2. The number of hydrogen-bond acceptors (Lipinski definition) is 15. The van der Waals surface area contributed by atoms with Crippen molar-refractivity contribution in [1.82, 2.24) is 39.2 Å². The smallest absolute Gasteiger partial charge is 0.269 e. The highest BCUT2D eigenvalue weighted by atomic mass is 32.2. The number of anilines is 2. The Morgan fingerprint density at radius 1 is 0.760 bits per heavy atom. The highest BCUT2D eigenvalue weighted by Crippen LogP contribution is 2.21. The number of nitrogens with zero attached hydrogens (tertiary/aromatic N) is 10. The molecule has 0 saturated heterocycles. The van der Waals surface area contributed by atoms with E-state index in [-0.39, 0.29) is 29.0 Å². The first-order valence-corrected chi connectivity index (χ1v) is 18.2. The quantitative estimate of drug-likeness (QED) is 0.100. The number of rotatable bonds is 12. The molecule has 0 saturated carbocycles. The number of nitro groups is 2. The van der Waals surface area contributed by atoms with Crippen molar-refractivity contribution < 1.29 is 18.3 Å². The van der Waals surface area contributed by atoms with Gasteiger partial charge < -0.3 is 10.6 Å². The van der Waals surface area contributed by atoms with Gasteiger partial charge in [0.15, 0.2) is 16.5 Å². The summed E-state index contributed by atoms with van der Waals surface area (Å²) in [5.41, 5.74) is 4.50. The second-order valence-corrected chi connectivity index (χ2v) is 13.4. The fourth-order valence-corrected chi connectivity index (χ4v) is 5.57. The van der Waals surface area contributed by atoms with E-state index < -0.39 is 19.7 Å². The summed E-state index contributed by atoms with van der Waals surface area (Å²) in [6.45, 7) is 4.57. The lowest BCUT2D eigenvalue weighted by molar-refractivity contribution is -0.385.